The molecule has 2 saturated carbocycles. The molecule has 0 amide bonds. The van der Waals surface area contributed by atoms with E-state index in [-0.39, 0.29) is 11.5 Å². The highest BCUT2D eigenvalue weighted by Gasteiger charge is 2.57. The van der Waals surface area contributed by atoms with E-state index in [9.17, 15) is 24.0 Å². The molecule has 4 unspecified atom stereocenters. The number of aromatic nitrogens is 4. The third kappa shape index (κ3) is 6.17. The van der Waals surface area contributed by atoms with Crippen molar-refractivity contribution in [2.75, 3.05) is 18.1 Å². The van der Waals surface area contributed by atoms with Crippen LogP contribution in [0.15, 0.2) is 58.4 Å². The Kier molecular flexibility index (Phi) is 9.34. The average molecular weight is 689 g/mol. The number of nitrogens with zero attached hydrogens (tertiary/aromatic N) is 4. The second-order valence-corrected chi connectivity index (χ2v) is 16.5. The van der Waals surface area contributed by atoms with Crippen LogP contribution in [0.5, 0.6) is 11.5 Å². The van der Waals surface area contributed by atoms with E-state index in [1.807, 2.05) is 12.1 Å². The van der Waals surface area contributed by atoms with Gasteiger partial charge in [-0.15, -0.1) is 0 Å². The third-order valence-electron chi connectivity index (χ3n) is 12.0. The van der Waals surface area contributed by atoms with Crippen LogP contribution in [-0.2, 0) is 37.9 Å². The van der Waals surface area contributed by atoms with Crippen molar-refractivity contribution < 1.29 is 19.2 Å². The van der Waals surface area contributed by atoms with Gasteiger partial charge in [0, 0.05) is 42.9 Å². The maximum Gasteiger partial charge on any atom is 0.332 e. The molecule has 2 fully saturated rings. The highest BCUT2D eigenvalue weighted by Crippen LogP contribution is 2.65. The zero-order chi connectivity index (χ0) is 34.4. The number of aryl methyl sites for hydroxylation is 3. The van der Waals surface area contributed by atoms with Crippen molar-refractivity contribution in [3.05, 3.63) is 86.3 Å². The Hall–Kier alpha value is -3.70. The Labute approximate surface area is 289 Å². The third-order valence-corrected chi connectivity index (χ3v) is 13.4. The number of aliphatic hydroxyl groups is 1. The van der Waals surface area contributed by atoms with Crippen LogP contribution in [-0.4, -0.2) is 57.3 Å². The van der Waals surface area contributed by atoms with Crippen molar-refractivity contribution in [3.63, 3.8) is 0 Å². The molecule has 4 aromatic rings. The molecule has 0 aliphatic heterocycles. The number of phenols is 1. The molecule has 49 heavy (non-hydrogen) atoms. The summed E-state index contributed by atoms with van der Waals surface area (Å²) in [5.74, 6) is 3.90. The summed E-state index contributed by atoms with van der Waals surface area (Å²) in [6.45, 7) is 3.30. The lowest BCUT2D eigenvalue weighted by Gasteiger charge is -2.54. The normalized spacial score (nSPS) is 26.7. The van der Waals surface area contributed by atoms with Gasteiger partial charge in [0.15, 0.2) is 11.2 Å². The standard InChI is InChI=1S/C38H48N4O6S/c1-38-22-30(33-28-14-10-26(43)21-25(28)9-13-29(33)31(38)15-16-32(38)44)24-7-11-27(12-8-24)48-18-5-4-6-19-49(47)20-17-42-23-39-35-34(42)36(45)41(3)37(46)40(35)2/h7-8,10-12,14,21,23,29-33,43-44H,4-6,9,13,15-20,22H2,1-3H3/t29?,30-,31?,32+,33?,38+,49?/m1/s1. The topological polar surface area (TPSA) is 129 Å². The number of aliphatic hydroxyl groups excluding tert-OH is 1. The number of fused-ring (bicyclic) bond motifs is 6. The molecular formula is C38H48N4O6S. The Morgan fingerprint density at radius 2 is 1.80 bits per heavy atom. The maximum absolute atomic E-state index is 12.7. The number of phenolic OH excluding ortho intramolecular Hbond substituents is 1. The number of ether oxygens (including phenoxy) is 1. The molecule has 11 heteroatoms. The van der Waals surface area contributed by atoms with Crippen LogP contribution < -0.4 is 16.0 Å². The van der Waals surface area contributed by atoms with Gasteiger partial charge in [0.05, 0.1) is 19.0 Å². The molecule has 2 aromatic heterocycles. The number of imidazole rings is 1. The van der Waals surface area contributed by atoms with Crippen LogP contribution in [0.2, 0.25) is 0 Å². The highest BCUT2D eigenvalue weighted by molar-refractivity contribution is 7.84. The summed E-state index contributed by atoms with van der Waals surface area (Å²) in [6.07, 6.45) is 8.90. The van der Waals surface area contributed by atoms with Gasteiger partial charge in [0.25, 0.3) is 5.56 Å². The summed E-state index contributed by atoms with van der Waals surface area (Å²) < 4.78 is 22.9. The molecule has 0 spiro atoms. The van der Waals surface area contributed by atoms with Crippen LogP contribution >= 0.6 is 0 Å². The SMILES string of the molecule is Cn1c(=O)c2c(ncn2CCS(=O)CCCCCOc2ccc([C@H]3C[C@@]4(C)C(CC[C@@H]4O)C4CCc5cc(O)ccc5C43)cc2)n(C)c1=O. The quantitative estimate of drug-likeness (QED) is 0.218. The summed E-state index contributed by atoms with van der Waals surface area (Å²) in [7, 11) is 2.00. The van der Waals surface area contributed by atoms with Crippen molar-refractivity contribution >= 4 is 22.0 Å². The number of hydrogen-bond donors (Lipinski definition) is 2. The van der Waals surface area contributed by atoms with Crippen LogP contribution in [0.1, 0.15) is 80.4 Å². The fourth-order valence-electron chi connectivity index (χ4n) is 9.41. The molecule has 2 N–H and O–H groups in total. The highest BCUT2D eigenvalue weighted by atomic mass is 32.2. The van der Waals surface area contributed by atoms with E-state index in [1.54, 1.807) is 11.6 Å². The van der Waals surface area contributed by atoms with Crippen molar-refractivity contribution in [3.8, 4) is 11.5 Å². The monoisotopic (exact) mass is 688 g/mol. The molecule has 2 heterocycles. The van der Waals surface area contributed by atoms with Gasteiger partial charge in [0.1, 0.15) is 11.5 Å². The fourth-order valence-corrected chi connectivity index (χ4v) is 10.5. The number of rotatable bonds is 11. The molecule has 7 atom stereocenters. The number of aromatic hydroxyl groups is 1. The minimum absolute atomic E-state index is 0.0766. The van der Waals surface area contributed by atoms with Crippen molar-refractivity contribution in [1.29, 1.82) is 0 Å². The van der Waals surface area contributed by atoms with E-state index in [1.165, 1.54) is 34.6 Å². The Balaban J connectivity index is 0.911. The molecule has 3 aliphatic carbocycles. The van der Waals surface area contributed by atoms with E-state index in [2.05, 4.69) is 42.2 Å². The van der Waals surface area contributed by atoms with Gasteiger partial charge in [-0.25, -0.2) is 9.78 Å². The van der Waals surface area contributed by atoms with E-state index >= 15 is 0 Å². The van der Waals surface area contributed by atoms with Crippen molar-refractivity contribution in [1.82, 2.24) is 18.7 Å². The zero-order valence-electron chi connectivity index (χ0n) is 28.7. The van der Waals surface area contributed by atoms with Gasteiger partial charge in [-0.3, -0.25) is 18.1 Å². The second kappa shape index (κ2) is 13.5. The van der Waals surface area contributed by atoms with Crippen molar-refractivity contribution in [2.45, 2.75) is 82.8 Å². The van der Waals surface area contributed by atoms with Gasteiger partial charge in [-0.2, -0.15) is 0 Å². The van der Waals surface area contributed by atoms with E-state index < -0.39 is 22.0 Å². The summed E-state index contributed by atoms with van der Waals surface area (Å²) >= 11 is 0. The molecule has 7 rings (SSSR count). The molecule has 10 nitrogen and oxygen atoms in total. The van der Waals surface area contributed by atoms with E-state index in [0.717, 1.165) is 61.7 Å². The first-order valence-electron chi connectivity index (χ1n) is 17.7. The molecule has 3 aliphatic rings. The molecule has 0 saturated heterocycles. The lowest BCUT2D eigenvalue weighted by molar-refractivity contribution is -0.0323. The van der Waals surface area contributed by atoms with Crippen molar-refractivity contribution in [2.24, 2.45) is 31.3 Å². The summed E-state index contributed by atoms with van der Waals surface area (Å²) in [5, 5.41) is 21.3. The molecule has 262 valence electrons. The second-order valence-electron chi connectivity index (χ2n) is 14.8. The first-order chi connectivity index (χ1) is 23.6. The molecular weight excluding hydrogens is 641 g/mol. The van der Waals surface area contributed by atoms with E-state index in [4.69, 9.17) is 4.74 Å². The van der Waals surface area contributed by atoms with Crippen LogP contribution in [0.3, 0.4) is 0 Å². The summed E-state index contributed by atoms with van der Waals surface area (Å²) in [6, 6.07) is 14.5. The largest absolute Gasteiger partial charge is 0.508 e. The van der Waals surface area contributed by atoms with Gasteiger partial charge in [-0.1, -0.05) is 25.1 Å². The lowest BCUT2D eigenvalue weighted by Crippen LogP contribution is -2.47. The van der Waals surface area contributed by atoms with Crippen LogP contribution in [0.25, 0.3) is 11.2 Å². The predicted octanol–water partition coefficient (Wildman–Crippen LogP) is 4.75. The number of hydrogen-bond acceptors (Lipinski definition) is 7. The van der Waals surface area contributed by atoms with Crippen LogP contribution in [0.4, 0.5) is 0 Å². The molecule has 2 aromatic carbocycles. The van der Waals surface area contributed by atoms with E-state index in [0.29, 0.717) is 65.2 Å². The minimum atomic E-state index is -1.04. The smallest absolute Gasteiger partial charge is 0.332 e. The lowest BCUT2D eigenvalue weighted by atomic mass is 9.51. The Bertz CT molecular complexity index is 1980. The molecule has 0 radical (unpaired) electrons. The Morgan fingerprint density at radius 1 is 1.00 bits per heavy atom. The summed E-state index contributed by atoms with van der Waals surface area (Å²) in [5.41, 5.74) is 3.73. The first-order valence-corrected chi connectivity index (χ1v) is 19.2. The summed E-state index contributed by atoms with van der Waals surface area (Å²) in [4.78, 5) is 29.0. The number of unbranched alkanes of at least 4 members (excludes halogenated alkanes) is 2. The van der Waals surface area contributed by atoms with Gasteiger partial charge >= 0.3 is 5.69 Å². The predicted molar refractivity (Wildman–Crippen MR) is 191 cm³/mol. The minimum Gasteiger partial charge on any atom is -0.508 e. The first kappa shape index (κ1) is 33.8. The average Bonchev–Trinajstić information content (AvgIpc) is 3.66. The fraction of sp³-hybridized carbons (Fsp3) is 0.553. The van der Waals surface area contributed by atoms with Gasteiger partial charge < -0.3 is 19.5 Å². The van der Waals surface area contributed by atoms with Gasteiger partial charge in [-0.05, 0) is 121 Å². The molecule has 0 bridgehead atoms. The zero-order valence-corrected chi connectivity index (χ0v) is 29.5. The maximum atomic E-state index is 12.7. The number of benzene rings is 2. The Morgan fingerprint density at radius 3 is 2.59 bits per heavy atom. The van der Waals surface area contributed by atoms with Gasteiger partial charge in [0.2, 0.25) is 0 Å². The van der Waals surface area contributed by atoms with Crippen LogP contribution in [0, 0.1) is 17.3 Å².